The number of fused-ring (bicyclic) bond motifs is 2. The maximum Gasteiger partial charge on any atom is 0.264 e. The number of carbonyl (C=O) groups excluding carboxylic acids is 2. The number of rotatable bonds is 7. The first kappa shape index (κ1) is 36.9. The van der Waals surface area contributed by atoms with Gasteiger partial charge >= 0.3 is 0 Å². The van der Waals surface area contributed by atoms with Gasteiger partial charge in [0.15, 0.2) is 0 Å². The summed E-state index contributed by atoms with van der Waals surface area (Å²) in [6.45, 7) is 5.92. The van der Waals surface area contributed by atoms with Gasteiger partial charge in [-0.2, -0.15) is 0 Å². The molecule has 0 bridgehead atoms. The molecule has 278 valence electrons. The van der Waals surface area contributed by atoms with Crippen molar-refractivity contribution < 1.29 is 23.8 Å². The molecule has 1 atom stereocenters. The molecule has 0 aliphatic carbocycles. The molecule has 5 heterocycles. The third kappa shape index (κ3) is 6.86. The topological polar surface area (TPSA) is 96.1 Å². The lowest BCUT2D eigenvalue weighted by molar-refractivity contribution is 0.0193. The summed E-state index contributed by atoms with van der Waals surface area (Å²) in [5.41, 5.74) is 6.52. The van der Waals surface area contributed by atoms with Crippen LogP contribution in [0.1, 0.15) is 37.5 Å². The van der Waals surface area contributed by atoms with Crippen molar-refractivity contribution in [3.63, 3.8) is 0 Å². The summed E-state index contributed by atoms with van der Waals surface area (Å²) in [7, 11) is 3.73. The number of aromatic hydroxyl groups is 1. The van der Waals surface area contributed by atoms with Gasteiger partial charge in [0.2, 0.25) is 0 Å². The van der Waals surface area contributed by atoms with Crippen LogP contribution < -0.4 is 4.90 Å². The largest absolute Gasteiger partial charge is 0.508 e. The van der Waals surface area contributed by atoms with Gasteiger partial charge in [0.25, 0.3) is 11.8 Å². The molecular weight excluding hydrogens is 707 g/mol. The zero-order valence-corrected chi connectivity index (χ0v) is 31.2. The maximum atomic E-state index is 15.2. The normalized spacial score (nSPS) is 15.9. The number of aryl methyl sites for hydroxylation is 1. The Morgan fingerprint density at radius 1 is 0.926 bits per heavy atom. The summed E-state index contributed by atoms with van der Waals surface area (Å²) in [6.07, 6.45) is 4.28. The molecule has 3 aromatic heterocycles. The quantitative estimate of drug-likeness (QED) is 0.189. The van der Waals surface area contributed by atoms with Crippen LogP contribution in [-0.2, 0) is 31.8 Å². The molecule has 8 rings (SSSR count). The van der Waals surface area contributed by atoms with Gasteiger partial charge in [0, 0.05) is 86.1 Å². The first-order chi connectivity index (χ1) is 25.7. The lowest BCUT2D eigenvalue weighted by Gasteiger charge is -2.40. The number of aromatic nitrogens is 3. The summed E-state index contributed by atoms with van der Waals surface area (Å²) < 4.78 is 24.5. The Hall–Kier alpha value is -5.49. The summed E-state index contributed by atoms with van der Waals surface area (Å²) in [5, 5.41) is 10.9. The van der Waals surface area contributed by atoms with E-state index in [0.29, 0.717) is 72.2 Å². The predicted octanol–water partition coefficient (Wildman–Crippen LogP) is 7.03. The molecule has 2 aliphatic heterocycles. The second kappa shape index (κ2) is 15.1. The number of pyridine rings is 1. The Bertz CT molecular complexity index is 2350. The standard InChI is InChI=1S/C42H41FN6O4.ClH/c1-27-37(42(52)49(32-9-11-35(50)12-10-32)33-21-29-14-15-45(2)40(29)44-24-33)23-39(46(27)3)38-22-31(43)8-13-36(38)41(51)48-25-30-7-5-4-6-28(30)20-34(48)26-47-16-18-53-19-17-47;/h4-15,21-24,34,50H,16-20,25-26H2,1-3H3;1H/t34-;/m0./s1. The zero-order chi connectivity index (χ0) is 36.8. The van der Waals surface area contributed by atoms with Gasteiger partial charge in [-0.25, -0.2) is 9.37 Å². The minimum Gasteiger partial charge on any atom is -0.508 e. The highest BCUT2D eigenvalue weighted by Crippen LogP contribution is 2.36. The molecule has 12 heteroatoms. The Balaban J connectivity index is 0.00000450. The monoisotopic (exact) mass is 748 g/mol. The van der Waals surface area contributed by atoms with Crippen molar-refractivity contribution in [2.24, 2.45) is 14.1 Å². The number of nitrogens with zero attached hydrogens (tertiary/aromatic N) is 6. The highest BCUT2D eigenvalue weighted by atomic mass is 35.5. The molecule has 0 radical (unpaired) electrons. The highest BCUT2D eigenvalue weighted by molar-refractivity contribution is 6.13. The molecular formula is C42H42ClFN6O4. The first-order valence-electron chi connectivity index (χ1n) is 17.8. The Morgan fingerprint density at radius 2 is 1.67 bits per heavy atom. The Morgan fingerprint density at radius 3 is 2.43 bits per heavy atom. The van der Waals surface area contributed by atoms with E-state index in [4.69, 9.17) is 4.74 Å². The van der Waals surface area contributed by atoms with E-state index >= 15 is 4.39 Å². The molecule has 0 unspecified atom stereocenters. The number of carbonyl (C=O) groups is 2. The van der Waals surface area contributed by atoms with Crippen molar-refractivity contribution in [3.8, 4) is 17.0 Å². The van der Waals surface area contributed by atoms with Crippen LogP contribution in [0.25, 0.3) is 22.3 Å². The number of anilines is 2. The smallest absolute Gasteiger partial charge is 0.264 e. The van der Waals surface area contributed by atoms with Gasteiger partial charge < -0.3 is 23.9 Å². The van der Waals surface area contributed by atoms with E-state index in [2.05, 4.69) is 22.0 Å². The molecule has 2 amide bonds. The number of phenols is 1. The molecule has 54 heavy (non-hydrogen) atoms. The van der Waals surface area contributed by atoms with Gasteiger partial charge in [0.1, 0.15) is 17.2 Å². The summed E-state index contributed by atoms with van der Waals surface area (Å²) in [4.78, 5) is 40.0. The maximum absolute atomic E-state index is 15.2. The van der Waals surface area contributed by atoms with Crippen LogP contribution in [0, 0.1) is 12.7 Å². The molecule has 6 aromatic rings. The number of halogens is 2. The van der Waals surface area contributed by atoms with Crippen molar-refractivity contribution in [1.29, 1.82) is 0 Å². The van der Waals surface area contributed by atoms with Crippen molar-refractivity contribution in [2.45, 2.75) is 25.9 Å². The molecule has 10 nitrogen and oxygen atoms in total. The lowest BCUT2D eigenvalue weighted by atomic mass is 9.92. The van der Waals surface area contributed by atoms with Crippen molar-refractivity contribution in [2.75, 3.05) is 37.7 Å². The highest BCUT2D eigenvalue weighted by Gasteiger charge is 2.34. The van der Waals surface area contributed by atoms with E-state index in [9.17, 15) is 14.7 Å². The molecule has 1 N–H and O–H groups in total. The molecule has 2 aliphatic rings. The van der Waals surface area contributed by atoms with E-state index in [1.807, 2.05) is 65.5 Å². The lowest BCUT2D eigenvalue weighted by Crippen LogP contribution is -2.52. The van der Waals surface area contributed by atoms with E-state index < -0.39 is 5.82 Å². The molecule has 0 spiro atoms. The van der Waals surface area contributed by atoms with Crippen LogP contribution in [0.3, 0.4) is 0 Å². The molecule has 3 aromatic carbocycles. The third-order valence-corrected chi connectivity index (χ3v) is 10.7. The number of hydrogen-bond donors (Lipinski definition) is 1. The van der Waals surface area contributed by atoms with E-state index in [1.54, 1.807) is 35.4 Å². The average Bonchev–Trinajstić information content (AvgIpc) is 3.69. The van der Waals surface area contributed by atoms with Gasteiger partial charge in [-0.05, 0) is 85.1 Å². The second-order valence-corrected chi connectivity index (χ2v) is 13.9. The fourth-order valence-electron chi connectivity index (χ4n) is 7.68. The van der Waals surface area contributed by atoms with E-state index in [-0.39, 0.29) is 36.0 Å². The van der Waals surface area contributed by atoms with E-state index in [1.165, 1.54) is 29.8 Å². The van der Waals surface area contributed by atoms with Gasteiger partial charge in [0.05, 0.1) is 30.7 Å². The van der Waals surface area contributed by atoms with E-state index in [0.717, 1.165) is 29.7 Å². The fraction of sp³-hybridized carbons (Fsp3) is 0.262. The second-order valence-electron chi connectivity index (χ2n) is 13.9. The third-order valence-electron chi connectivity index (χ3n) is 10.7. The minimum absolute atomic E-state index is 0. The molecule has 1 saturated heterocycles. The van der Waals surface area contributed by atoms with Crippen molar-refractivity contribution >= 4 is 46.6 Å². The fourth-order valence-corrected chi connectivity index (χ4v) is 7.68. The number of morpholine rings is 1. The van der Waals surface area contributed by atoms with Crippen LogP contribution in [0.4, 0.5) is 15.8 Å². The Labute approximate surface area is 319 Å². The van der Waals surface area contributed by atoms with Crippen LogP contribution in [0.15, 0.2) is 97.3 Å². The zero-order valence-electron chi connectivity index (χ0n) is 30.4. The summed E-state index contributed by atoms with van der Waals surface area (Å²) in [6, 6.07) is 24.4. The molecule has 0 saturated carbocycles. The summed E-state index contributed by atoms with van der Waals surface area (Å²) in [5.74, 6) is -0.934. The predicted molar refractivity (Wildman–Crippen MR) is 209 cm³/mol. The number of benzene rings is 3. The first-order valence-corrected chi connectivity index (χ1v) is 17.8. The number of hydrogen-bond acceptors (Lipinski definition) is 6. The van der Waals surface area contributed by atoms with Crippen molar-refractivity contribution in [3.05, 3.63) is 131 Å². The number of phenolic OH excluding ortho intramolecular Hbond substituents is 1. The number of amides is 2. The van der Waals surface area contributed by atoms with Gasteiger partial charge in [-0.15, -0.1) is 12.4 Å². The van der Waals surface area contributed by atoms with Gasteiger partial charge in [-0.3, -0.25) is 19.4 Å². The van der Waals surface area contributed by atoms with Crippen LogP contribution in [0.2, 0.25) is 0 Å². The minimum atomic E-state index is -0.481. The van der Waals surface area contributed by atoms with Crippen LogP contribution in [-0.4, -0.2) is 79.7 Å². The SMILES string of the molecule is Cc1c(C(=O)N(c2ccc(O)cc2)c2cnc3c(ccn3C)c2)cc(-c2cc(F)ccc2C(=O)N2Cc3ccccc3C[C@H]2CN2CCOCC2)n1C.Cl. The van der Waals surface area contributed by atoms with Crippen molar-refractivity contribution in [1.82, 2.24) is 23.9 Å². The van der Waals surface area contributed by atoms with Gasteiger partial charge in [-0.1, -0.05) is 24.3 Å². The van der Waals surface area contributed by atoms with Crippen LogP contribution >= 0.6 is 12.4 Å². The Kier molecular flexibility index (Phi) is 10.3. The number of ether oxygens (including phenoxy) is 1. The van der Waals surface area contributed by atoms with Crippen LogP contribution in [0.5, 0.6) is 5.75 Å². The average molecular weight is 749 g/mol. The summed E-state index contributed by atoms with van der Waals surface area (Å²) >= 11 is 0. The molecule has 1 fully saturated rings.